The number of hydrogen-bond donors (Lipinski definition) is 0. The molecule has 0 heterocycles. The Morgan fingerprint density at radius 2 is 2.50 bits per heavy atom. The van der Waals surface area contributed by atoms with Crippen molar-refractivity contribution in [2.24, 2.45) is 0 Å². The van der Waals surface area contributed by atoms with E-state index in [0.717, 1.165) is 0 Å². The summed E-state index contributed by atoms with van der Waals surface area (Å²) in [6.45, 7) is 5.15. The number of esters is 1. The van der Waals surface area contributed by atoms with E-state index in [2.05, 4.69) is 11.3 Å². The van der Waals surface area contributed by atoms with Crippen LogP contribution in [0.2, 0.25) is 0 Å². The second-order valence-corrected chi connectivity index (χ2v) is 1.74. The van der Waals surface area contributed by atoms with Crippen molar-refractivity contribution in [1.29, 1.82) is 0 Å². The molecule has 0 aromatic rings. The molecule has 0 aliphatic carbocycles. The molecule has 58 valence electrons. The number of hydrogen-bond acceptors (Lipinski definition) is 2. The van der Waals surface area contributed by atoms with Crippen LogP contribution in [0.4, 0.5) is 4.39 Å². The van der Waals surface area contributed by atoms with Crippen LogP contribution >= 0.6 is 0 Å². The van der Waals surface area contributed by atoms with Gasteiger partial charge in [-0.25, -0.2) is 9.18 Å². The lowest BCUT2D eigenvalue weighted by Gasteiger charge is -2.03. The fourth-order valence-electron chi connectivity index (χ4n) is 0.475. The number of carbonyl (C=O) groups is 1. The summed E-state index contributed by atoms with van der Waals surface area (Å²) < 4.78 is 16.8. The minimum atomic E-state index is -1.54. The molecular weight excluding hydrogens is 135 g/mol. The van der Waals surface area contributed by atoms with E-state index in [1.54, 1.807) is 6.92 Å². The lowest BCUT2D eigenvalue weighted by atomic mass is 10.3. The minimum Gasteiger partial charge on any atom is -0.464 e. The van der Waals surface area contributed by atoms with Crippen LogP contribution in [-0.4, -0.2) is 18.7 Å². The number of alkyl halides is 1. The maximum Gasteiger partial charge on any atom is 0.341 e. The molecule has 0 amide bonds. The van der Waals surface area contributed by atoms with Crippen LogP contribution in [0.3, 0.4) is 0 Å². The van der Waals surface area contributed by atoms with E-state index >= 15 is 0 Å². The van der Waals surface area contributed by atoms with Crippen LogP contribution in [-0.2, 0) is 9.53 Å². The molecule has 0 saturated carbocycles. The van der Waals surface area contributed by atoms with Crippen molar-refractivity contribution in [2.75, 3.05) is 6.61 Å². The topological polar surface area (TPSA) is 26.3 Å². The molecule has 0 aromatic heterocycles. The highest BCUT2D eigenvalue weighted by Gasteiger charge is 2.15. The number of allylic oxidation sites excluding steroid dienone is 1. The zero-order valence-electron chi connectivity index (χ0n) is 5.97. The highest BCUT2D eigenvalue weighted by atomic mass is 19.1. The normalized spacial score (nSPS) is 12.2. The predicted octanol–water partition coefficient (Wildman–Crippen LogP) is 1.46. The van der Waals surface area contributed by atoms with E-state index in [9.17, 15) is 9.18 Å². The van der Waals surface area contributed by atoms with Gasteiger partial charge in [0.25, 0.3) is 0 Å². The summed E-state index contributed by atoms with van der Waals surface area (Å²) in [5.74, 6) is -0.803. The molecule has 0 rings (SSSR count). The fourth-order valence-corrected chi connectivity index (χ4v) is 0.475. The zero-order valence-corrected chi connectivity index (χ0v) is 5.97. The largest absolute Gasteiger partial charge is 0.464 e. The van der Waals surface area contributed by atoms with Gasteiger partial charge in [0, 0.05) is 6.42 Å². The highest BCUT2D eigenvalue weighted by molar-refractivity contribution is 5.74. The molecule has 1 unspecified atom stereocenters. The van der Waals surface area contributed by atoms with Gasteiger partial charge in [0.2, 0.25) is 6.17 Å². The Labute approximate surface area is 59.7 Å². The van der Waals surface area contributed by atoms with Crippen molar-refractivity contribution in [3.05, 3.63) is 12.7 Å². The number of halogens is 1. The summed E-state index contributed by atoms with van der Waals surface area (Å²) >= 11 is 0. The molecule has 0 bridgehead atoms. The van der Waals surface area contributed by atoms with E-state index in [4.69, 9.17) is 0 Å². The van der Waals surface area contributed by atoms with Gasteiger partial charge in [-0.15, -0.1) is 6.58 Å². The zero-order chi connectivity index (χ0) is 7.98. The molecule has 2 nitrogen and oxygen atoms in total. The second kappa shape index (κ2) is 4.97. The summed E-state index contributed by atoms with van der Waals surface area (Å²) in [6, 6.07) is 0. The number of ether oxygens (including phenoxy) is 1. The maximum atomic E-state index is 12.4. The van der Waals surface area contributed by atoms with Gasteiger partial charge in [-0.1, -0.05) is 6.08 Å². The first kappa shape index (κ1) is 9.14. The van der Waals surface area contributed by atoms with Gasteiger partial charge in [-0.05, 0) is 6.92 Å². The highest BCUT2D eigenvalue weighted by Crippen LogP contribution is 2.00. The summed E-state index contributed by atoms with van der Waals surface area (Å²) in [5.41, 5.74) is 0. The van der Waals surface area contributed by atoms with Crippen LogP contribution in [0.25, 0.3) is 0 Å². The molecule has 0 spiro atoms. The van der Waals surface area contributed by atoms with Crippen molar-refractivity contribution in [3.8, 4) is 0 Å². The summed E-state index contributed by atoms with van der Waals surface area (Å²) in [5, 5.41) is 0. The first-order chi connectivity index (χ1) is 4.72. The quantitative estimate of drug-likeness (QED) is 0.443. The van der Waals surface area contributed by atoms with Gasteiger partial charge in [-0.3, -0.25) is 0 Å². The Kier molecular flexibility index (Phi) is 4.54. The lowest BCUT2D eigenvalue weighted by molar-refractivity contribution is -0.148. The Bertz CT molecular complexity index is 123. The summed E-state index contributed by atoms with van der Waals surface area (Å²) in [6.07, 6.45) is -0.169. The molecule has 10 heavy (non-hydrogen) atoms. The summed E-state index contributed by atoms with van der Waals surface area (Å²) in [4.78, 5) is 10.5. The maximum absolute atomic E-state index is 12.4. The van der Waals surface area contributed by atoms with Gasteiger partial charge in [-0.2, -0.15) is 0 Å². The Hall–Kier alpha value is -0.860. The molecule has 1 atom stereocenters. The Balaban J connectivity index is 3.58. The molecule has 0 aliphatic rings. The van der Waals surface area contributed by atoms with Crippen LogP contribution in [0.1, 0.15) is 13.3 Å². The monoisotopic (exact) mass is 146 g/mol. The molecule has 0 fully saturated rings. The first-order valence-corrected chi connectivity index (χ1v) is 3.14. The van der Waals surface area contributed by atoms with Crippen LogP contribution < -0.4 is 0 Å². The Morgan fingerprint density at radius 3 is 2.90 bits per heavy atom. The van der Waals surface area contributed by atoms with Crippen molar-refractivity contribution in [3.63, 3.8) is 0 Å². The van der Waals surface area contributed by atoms with E-state index in [0.29, 0.717) is 0 Å². The van der Waals surface area contributed by atoms with Crippen LogP contribution in [0.5, 0.6) is 0 Å². The smallest absolute Gasteiger partial charge is 0.341 e. The van der Waals surface area contributed by atoms with Crippen molar-refractivity contribution < 1.29 is 13.9 Å². The standard InChI is InChI=1S/C7H11FO2/c1-3-5-6(8)7(9)10-4-2/h3,6H,1,4-5H2,2H3. The van der Waals surface area contributed by atoms with Gasteiger partial charge in [0.1, 0.15) is 0 Å². The van der Waals surface area contributed by atoms with Gasteiger partial charge in [0.05, 0.1) is 6.61 Å². The molecule has 0 saturated heterocycles. The van der Waals surface area contributed by atoms with Crippen LogP contribution in [0.15, 0.2) is 12.7 Å². The average molecular weight is 146 g/mol. The minimum absolute atomic E-state index is 0.0266. The molecular formula is C7H11FO2. The molecule has 0 N–H and O–H groups in total. The third-order valence-corrected chi connectivity index (χ3v) is 0.916. The van der Waals surface area contributed by atoms with Crippen molar-refractivity contribution in [2.45, 2.75) is 19.5 Å². The van der Waals surface area contributed by atoms with Crippen LogP contribution in [0, 0.1) is 0 Å². The molecule has 3 heteroatoms. The molecule has 0 radical (unpaired) electrons. The molecule has 0 aromatic carbocycles. The second-order valence-electron chi connectivity index (χ2n) is 1.74. The van der Waals surface area contributed by atoms with E-state index in [1.165, 1.54) is 6.08 Å². The number of carbonyl (C=O) groups excluding carboxylic acids is 1. The van der Waals surface area contributed by atoms with E-state index in [-0.39, 0.29) is 13.0 Å². The fraction of sp³-hybridized carbons (Fsp3) is 0.571. The van der Waals surface area contributed by atoms with Crippen molar-refractivity contribution in [1.82, 2.24) is 0 Å². The third-order valence-electron chi connectivity index (χ3n) is 0.916. The Morgan fingerprint density at radius 1 is 1.90 bits per heavy atom. The van der Waals surface area contributed by atoms with Gasteiger partial charge >= 0.3 is 5.97 Å². The molecule has 0 aliphatic heterocycles. The van der Waals surface area contributed by atoms with Gasteiger partial charge < -0.3 is 4.74 Å². The predicted molar refractivity (Wildman–Crippen MR) is 36.3 cm³/mol. The van der Waals surface area contributed by atoms with E-state index in [1.807, 2.05) is 0 Å². The number of rotatable bonds is 4. The van der Waals surface area contributed by atoms with E-state index < -0.39 is 12.1 Å². The average Bonchev–Trinajstić information content (AvgIpc) is 1.89. The summed E-state index contributed by atoms with van der Waals surface area (Å²) in [7, 11) is 0. The third kappa shape index (κ3) is 3.22. The van der Waals surface area contributed by atoms with Gasteiger partial charge in [0.15, 0.2) is 0 Å². The SMILES string of the molecule is C=CCC(F)C(=O)OCC. The lowest BCUT2D eigenvalue weighted by Crippen LogP contribution is -2.17. The van der Waals surface area contributed by atoms with Crippen molar-refractivity contribution >= 4 is 5.97 Å². The first-order valence-electron chi connectivity index (χ1n) is 3.14.